The summed E-state index contributed by atoms with van der Waals surface area (Å²) in [6.45, 7) is 6.21. The Morgan fingerprint density at radius 2 is 0.863 bits per heavy atom. The monoisotopic (exact) mass is 658 g/mol. The highest BCUT2D eigenvalue weighted by atomic mass is 15.1. The van der Waals surface area contributed by atoms with Gasteiger partial charge in [-0.3, -0.25) is 0 Å². The summed E-state index contributed by atoms with van der Waals surface area (Å²) in [5.74, 6) is 0. The maximum absolute atomic E-state index is 2.33. The first kappa shape index (κ1) is 33.1. The van der Waals surface area contributed by atoms with Gasteiger partial charge in [0.15, 0.2) is 0 Å². The number of aryl methyl sites for hydroxylation is 1. The minimum Gasteiger partial charge on any atom is -0.152 e. The molecule has 2 heterocycles. The highest BCUT2D eigenvalue weighted by Crippen LogP contribution is 2.27. The molecule has 0 aliphatic carbocycles. The van der Waals surface area contributed by atoms with Gasteiger partial charge in [-0.1, -0.05) is 140 Å². The van der Waals surface area contributed by atoms with Crippen molar-refractivity contribution < 1.29 is 0 Å². The SMILES string of the molecule is C/C=C\C=C/C1=c2cc(C)ccc2=[N+]1c1cccc(-c2ccccc2)c1.C/C=C\C=C/C1=c2ccccc2=[N+]1c1cccc(-c2ccccc2)c1. The molecular weight excluding hydrogens is 617 g/mol. The molecule has 2 aliphatic heterocycles. The number of hydrogen-bond donors (Lipinski definition) is 0. The van der Waals surface area contributed by atoms with Crippen LogP contribution in [0.25, 0.3) is 33.6 Å². The average molecular weight is 659 g/mol. The van der Waals surface area contributed by atoms with Crippen molar-refractivity contribution in [1.29, 1.82) is 0 Å². The molecule has 8 rings (SSSR count). The fraction of sp³-hybridized carbons (Fsp3) is 0.0612. The van der Waals surface area contributed by atoms with E-state index in [1.807, 2.05) is 26.0 Å². The average Bonchev–Trinajstić information content (AvgIpc) is 3.17. The summed E-state index contributed by atoms with van der Waals surface area (Å²) < 4.78 is 4.66. The van der Waals surface area contributed by atoms with Crippen molar-refractivity contribution in [3.05, 3.63) is 227 Å². The summed E-state index contributed by atoms with van der Waals surface area (Å²) in [6, 6.07) is 53.8. The summed E-state index contributed by atoms with van der Waals surface area (Å²) in [7, 11) is 0. The van der Waals surface area contributed by atoms with Crippen molar-refractivity contribution in [2.45, 2.75) is 20.8 Å². The number of benzene rings is 6. The minimum atomic E-state index is 1.19. The summed E-state index contributed by atoms with van der Waals surface area (Å²) >= 11 is 0. The Labute approximate surface area is 301 Å². The molecule has 6 aromatic rings. The van der Waals surface area contributed by atoms with E-state index < -0.39 is 0 Å². The molecule has 0 aromatic heterocycles. The van der Waals surface area contributed by atoms with Crippen LogP contribution in [-0.2, 0) is 0 Å². The molecule has 0 spiro atoms. The van der Waals surface area contributed by atoms with Crippen LogP contribution in [0.3, 0.4) is 0 Å². The van der Waals surface area contributed by atoms with Crippen molar-refractivity contribution in [2.24, 2.45) is 0 Å². The summed E-state index contributed by atoms with van der Waals surface area (Å²) in [6.07, 6.45) is 16.8. The topological polar surface area (TPSA) is 6.02 Å². The van der Waals surface area contributed by atoms with Gasteiger partial charge in [-0.15, -0.1) is 0 Å². The van der Waals surface area contributed by atoms with Gasteiger partial charge in [-0.25, -0.2) is 0 Å². The van der Waals surface area contributed by atoms with E-state index in [1.165, 1.54) is 71.7 Å². The second-order valence-electron chi connectivity index (χ2n) is 12.6. The summed E-state index contributed by atoms with van der Waals surface area (Å²) in [4.78, 5) is 0. The zero-order chi connectivity index (χ0) is 35.0. The first-order valence-electron chi connectivity index (χ1n) is 17.6. The maximum Gasteiger partial charge on any atom is 0.225 e. The van der Waals surface area contributed by atoms with E-state index in [0.717, 1.165) is 0 Å². The zero-order valence-electron chi connectivity index (χ0n) is 29.4. The first-order chi connectivity index (χ1) is 25.2. The first-order valence-corrected chi connectivity index (χ1v) is 17.6. The Morgan fingerprint density at radius 1 is 0.392 bits per heavy atom. The Kier molecular flexibility index (Phi) is 10.0. The van der Waals surface area contributed by atoms with Crippen LogP contribution in [0.4, 0.5) is 11.4 Å². The van der Waals surface area contributed by atoms with Crippen LogP contribution in [0.1, 0.15) is 19.4 Å². The molecule has 0 radical (unpaired) electrons. The molecule has 0 unspecified atom stereocenters. The molecule has 0 bridgehead atoms. The van der Waals surface area contributed by atoms with Gasteiger partial charge in [0.05, 0.1) is 0 Å². The standard InChI is InChI=1S/C25H22N.C24H20N/c1-3-4-6-14-24-23-17-19(2)15-16-25(23)26(24)22-13-9-12-21(18-22)20-10-7-5-8-11-20;1-2-3-5-16-23-22-15-8-9-17-24(22)25(23)21-14-10-13-20(18-21)19-11-6-4-7-12-19/h3-18H,1-2H3;2-18H,1H3/q2*+1/b4-3-,14-6-;3-2-,16-5-. The van der Waals surface area contributed by atoms with Crippen LogP contribution < -0.4 is 30.3 Å². The predicted octanol–water partition coefficient (Wildman–Crippen LogP) is 9.17. The van der Waals surface area contributed by atoms with Crippen LogP contribution >= 0.6 is 0 Å². The van der Waals surface area contributed by atoms with Crippen molar-refractivity contribution in [3.63, 3.8) is 0 Å². The molecule has 0 saturated heterocycles. The van der Waals surface area contributed by atoms with E-state index in [1.54, 1.807) is 0 Å². The third-order valence-electron chi connectivity index (χ3n) is 9.11. The van der Waals surface area contributed by atoms with E-state index in [4.69, 9.17) is 0 Å². The maximum atomic E-state index is 2.33. The third kappa shape index (κ3) is 7.04. The lowest BCUT2D eigenvalue weighted by atomic mass is 10.0. The molecule has 0 fully saturated rings. The Bertz CT molecular complexity index is 2590. The van der Waals surface area contributed by atoms with E-state index in [0.29, 0.717) is 0 Å². The third-order valence-corrected chi connectivity index (χ3v) is 9.11. The van der Waals surface area contributed by atoms with Crippen LogP contribution in [-0.4, -0.2) is 0 Å². The molecule has 0 N–H and O–H groups in total. The van der Waals surface area contributed by atoms with Gasteiger partial charge >= 0.3 is 0 Å². The number of nitrogens with zero attached hydrogens (tertiary/aromatic N) is 2. The lowest BCUT2D eigenvalue weighted by molar-refractivity contribution is 0.916. The van der Waals surface area contributed by atoms with Crippen LogP contribution in [0.15, 0.2) is 200 Å². The zero-order valence-corrected chi connectivity index (χ0v) is 29.4. The lowest BCUT2D eigenvalue weighted by Crippen LogP contribution is -2.48. The molecule has 0 amide bonds. The molecular formula is C49H42N2+2. The molecule has 246 valence electrons. The fourth-order valence-corrected chi connectivity index (χ4v) is 6.64. The highest BCUT2D eigenvalue weighted by Gasteiger charge is 2.28. The van der Waals surface area contributed by atoms with Crippen molar-refractivity contribution in [1.82, 2.24) is 9.15 Å². The fourth-order valence-electron chi connectivity index (χ4n) is 6.64. The van der Waals surface area contributed by atoms with Crippen molar-refractivity contribution >= 4 is 22.8 Å². The lowest BCUT2D eigenvalue weighted by Gasteiger charge is -2.12. The molecule has 2 aliphatic rings. The second kappa shape index (κ2) is 15.4. The molecule has 2 heteroatoms. The predicted molar refractivity (Wildman–Crippen MR) is 216 cm³/mol. The van der Waals surface area contributed by atoms with E-state index in [9.17, 15) is 0 Å². The Morgan fingerprint density at radius 3 is 1.41 bits per heavy atom. The molecule has 0 saturated carbocycles. The van der Waals surface area contributed by atoms with Gasteiger partial charge in [-0.05, 0) is 60.7 Å². The van der Waals surface area contributed by atoms with E-state index >= 15 is 0 Å². The minimum absolute atomic E-state index is 1.19. The second-order valence-corrected chi connectivity index (χ2v) is 12.6. The van der Waals surface area contributed by atoms with Crippen molar-refractivity contribution in [2.75, 3.05) is 0 Å². The Balaban J connectivity index is 0.000000159. The highest BCUT2D eigenvalue weighted by molar-refractivity contribution is 5.74. The van der Waals surface area contributed by atoms with Gasteiger partial charge in [-0.2, -0.15) is 9.15 Å². The van der Waals surface area contributed by atoms with Gasteiger partial charge < -0.3 is 0 Å². The molecule has 2 nitrogen and oxygen atoms in total. The number of rotatable bonds is 8. The number of allylic oxidation sites excluding steroid dienone is 6. The molecule has 51 heavy (non-hydrogen) atoms. The van der Waals surface area contributed by atoms with Crippen molar-refractivity contribution in [3.8, 4) is 22.3 Å². The summed E-state index contributed by atoms with van der Waals surface area (Å²) in [5.41, 5.74) is 11.1. The molecule has 6 aromatic carbocycles. The number of para-hydroxylation sites is 1. The van der Waals surface area contributed by atoms with E-state index in [-0.39, 0.29) is 0 Å². The Hall–Kier alpha value is -6.38. The van der Waals surface area contributed by atoms with Crippen LogP contribution in [0.5, 0.6) is 0 Å². The van der Waals surface area contributed by atoms with E-state index in [2.05, 4.69) is 204 Å². The largest absolute Gasteiger partial charge is 0.225 e. The van der Waals surface area contributed by atoms with Gasteiger partial charge in [0, 0.05) is 48.6 Å². The van der Waals surface area contributed by atoms with Gasteiger partial charge in [0.25, 0.3) is 0 Å². The molecule has 0 atom stereocenters. The quantitative estimate of drug-likeness (QED) is 0.114. The smallest absolute Gasteiger partial charge is 0.152 e. The number of fused-ring (bicyclic) bond motifs is 2. The number of hydrogen-bond acceptors (Lipinski definition) is 0. The normalized spacial score (nSPS) is 13.3. The van der Waals surface area contributed by atoms with Gasteiger partial charge in [0.1, 0.15) is 10.4 Å². The van der Waals surface area contributed by atoms with Crippen LogP contribution in [0, 0.1) is 6.92 Å². The summed E-state index contributed by atoms with van der Waals surface area (Å²) in [5, 5.41) is 5.14. The van der Waals surface area contributed by atoms with Gasteiger partial charge in [0.2, 0.25) is 33.5 Å². The van der Waals surface area contributed by atoms with Crippen LogP contribution in [0.2, 0.25) is 0 Å².